The number of hydrogen-bond donors (Lipinski definition) is 1. The van der Waals surface area contributed by atoms with Crippen LogP contribution in [0.15, 0.2) is 29.4 Å². The van der Waals surface area contributed by atoms with Crippen molar-refractivity contribution in [1.29, 1.82) is 0 Å². The van der Waals surface area contributed by atoms with Crippen LogP contribution in [0.3, 0.4) is 0 Å². The van der Waals surface area contributed by atoms with Gasteiger partial charge in [0, 0.05) is 6.20 Å². The topological polar surface area (TPSA) is 89.6 Å². The molecule has 0 saturated heterocycles. The minimum absolute atomic E-state index is 0.0665. The lowest BCUT2D eigenvalue weighted by Crippen LogP contribution is -2.09. The van der Waals surface area contributed by atoms with Crippen molar-refractivity contribution in [3.05, 3.63) is 35.2 Å². The number of rotatable bonds is 2. The van der Waals surface area contributed by atoms with Crippen LogP contribution in [0.4, 0.5) is 0 Å². The van der Waals surface area contributed by atoms with Crippen LogP contribution in [0.5, 0.6) is 0 Å². The van der Waals surface area contributed by atoms with Gasteiger partial charge >= 0.3 is 0 Å². The molecule has 4 aromatic rings. The van der Waals surface area contributed by atoms with Crippen molar-refractivity contribution >= 4 is 32.6 Å². The number of aromatic amines is 1. The first kappa shape index (κ1) is 11.5. The fourth-order valence-corrected chi connectivity index (χ4v) is 2.38. The van der Waals surface area contributed by atoms with Crippen LogP contribution in [-0.2, 0) is 0 Å². The zero-order valence-electron chi connectivity index (χ0n) is 10.4. The largest absolute Gasteiger partial charge is 0.261 e. The van der Waals surface area contributed by atoms with Crippen molar-refractivity contribution in [3.8, 4) is 0 Å². The molecule has 0 aromatic carbocycles. The van der Waals surface area contributed by atoms with Gasteiger partial charge in [-0.25, -0.2) is 14.5 Å². The molecule has 0 bridgehead atoms. The maximum atomic E-state index is 4.57. The lowest BCUT2D eigenvalue weighted by atomic mass is 10.3. The number of H-pyrrole nitrogens is 1. The zero-order valence-corrected chi connectivity index (χ0v) is 12.0. The van der Waals surface area contributed by atoms with Gasteiger partial charge in [-0.1, -0.05) is 0 Å². The van der Waals surface area contributed by atoms with E-state index in [4.69, 9.17) is 0 Å². The third kappa shape index (κ3) is 1.63. The predicted octanol–water partition coefficient (Wildman–Crippen LogP) is 1.57. The summed E-state index contributed by atoms with van der Waals surface area (Å²) in [5.41, 5.74) is 1.43. The van der Waals surface area contributed by atoms with E-state index in [1.54, 1.807) is 27.9 Å². The normalized spacial score (nSPS) is 13.3. The van der Waals surface area contributed by atoms with Gasteiger partial charge in [-0.05, 0) is 22.9 Å². The highest BCUT2D eigenvalue weighted by atomic mass is 79.9. The molecule has 100 valence electrons. The van der Waals surface area contributed by atoms with Gasteiger partial charge in [0.05, 0.1) is 22.3 Å². The van der Waals surface area contributed by atoms with Crippen molar-refractivity contribution in [2.24, 2.45) is 0 Å². The molecule has 1 unspecified atom stereocenters. The molecule has 4 aromatic heterocycles. The van der Waals surface area contributed by atoms with E-state index >= 15 is 0 Å². The molecule has 1 atom stereocenters. The summed E-state index contributed by atoms with van der Waals surface area (Å²) >= 11 is 3.38. The minimum Gasteiger partial charge on any atom is -0.261 e. The summed E-state index contributed by atoms with van der Waals surface area (Å²) in [5, 5.41) is 16.4. The molecule has 1 N–H and O–H groups in total. The maximum Gasteiger partial charge on any atom is 0.176 e. The number of halogens is 1. The van der Waals surface area contributed by atoms with Gasteiger partial charge in [-0.15, -0.1) is 5.10 Å². The molecule has 8 nitrogen and oxygen atoms in total. The van der Waals surface area contributed by atoms with Crippen LogP contribution in [0.1, 0.15) is 18.8 Å². The average molecular weight is 333 g/mol. The summed E-state index contributed by atoms with van der Waals surface area (Å²) in [6, 6.07) is -0.0665. The Labute approximate surface area is 121 Å². The van der Waals surface area contributed by atoms with Gasteiger partial charge < -0.3 is 0 Å². The molecule has 9 heteroatoms. The first-order valence-corrected chi connectivity index (χ1v) is 6.75. The van der Waals surface area contributed by atoms with Crippen molar-refractivity contribution in [2.75, 3.05) is 0 Å². The summed E-state index contributed by atoms with van der Waals surface area (Å²) in [6.45, 7) is 1.99. The van der Waals surface area contributed by atoms with E-state index in [2.05, 4.69) is 46.3 Å². The molecular weight excluding hydrogens is 324 g/mol. The number of hydrogen-bond acceptors (Lipinski definition) is 5. The number of aromatic nitrogens is 8. The molecule has 0 spiro atoms. The Kier molecular flexibility index (Phi) is 2.36. The van der Waals surface area contributed by atoms with Crippen molar-refractivity contribution in [1.82, 2.24) is 39.6 Å². The van der Waals surface area contributed by atoms with Crippen LogP contribution in [0, 0.1) is 0 Å². The van der Waals surface area contributed by atoms with Crippen molar-refractivity contribution in [2.45, 2.75) is 13.0 Å². The van der Waals surface area contributed by atoms with Gasteiger partial charge in [-0.2, -0.15) is 10.2 Å². The zero-order chi connectivity index (χ0) is 13.7. The smallest absolute Gasteiger partial charge is 0.176 e. The highest BCUT2D eigenvalue weighted by molar-refractivity contribution is 9.10. The lowest BCUT2D eigenvalue weighted by Gasteiger charge is -2.06. The predicted molar refractivity (Wildman–Crippen MR) is 74.2 cm³/mol. The summed E-state index contributed by atoms with van der Waals surface area (Å²) in [5.74, 6) is 0.677. The number of nitrogens with one attached hydrogen (secondary N) is 1. The highest BCUT2D eigenvalue weighted by Crippen LogP contribution is 2.19. The quantitative estimate of drug-likeness (QED) is 0.601. The average Bonchev–Trinajstić information content (AvgIpc) is 3.14. The fraction of sp³-hybridized carbons (Fsp3) is 0.182. The van der Waals surface area contributed by atoms with Crippen molar-refractivity contribution < 1.29 is 0 Å². The minimum atomic E-state index is -0.0665. The van der Waals surface area contributed by atoms with E-state index < -0.39 is 0 Å². The molecule has 0 aliphatic rings. The van der Waals surface area contributed by atoms with E-state index in [0.29, 0.717) is 11.5 Å². The molecule has 4 heterocycles. The standard InChI is InChI=1S/C11H9BrN8/c1-6(19-4-7(12)2-15-19)9-16-11-8-3-14-17-10(8)13-5-20(11)18-9/h2-6H,1H3,(H,14,17). The Hall–Kier alpha value is -2.29. The van der Waals surface area contributed by atoms with Gasteiger partial charge in [0.2, 0.25) is 0 Å². The Morgan fingerprint density at radius 1 is 1.35 bits per heavy atom. The monoisotopic (exact) mass is 332 g/mol. The van der Waals surface area contributed by atoms with Crippen LogP contribution < -0.4 is 0 Å². The summed E-state index contributed by atoms with van der Waals surface area (Å²) in [6.07, 6.45) is 6.95. The molecule has 0 aliphatic heterocycles. The highest BCUT2D eigenvalue weighted by Gasteiger charge is 2.16. The Balaban J connectivity index is 1.87. The van der Waals surface area contributed by atoms with Crippen LogP contribution in [-0.4, -0.2) is 39.6 Å². The van der Waals surface area contributed by atoms with Gasteiger partial charge in [0.15, 0.2) is 17.1 Å². The Morgan fingerprint density at radius 2 is 2.25 bits per heavy atom. The van der Waals surface area contributed by atoms with Gasteiger partial charge in [0.1, 0.15) is 12.4 Å². The first-order chi connectivity index (χ1) is 9.72. The lowest BCUT2D eigenvalue weighted by molar-refractivity contribution is 0.536. The van der Waals surface area contributed by atoms with E-state index in [0.717, 1.165) is 15.5 Å². The maximum absolute atomic E-state index is 4.57. The number of nitrogens with zero attached hydrogens (tertiary/aromatic N) is 7. The third-order valence-corrected chi connectivity index (χ3v) is 3.55. The summed E-state index contributed by atoms with van der Waals surface area (Å²) < 4.78 is 4.38. The molecular formula is C11H9BrN8. The molecule has 0 fully saturated rings. The molecule has 0 aliphatic carbocycles. The molecule has 0 amide bonds. The summed E-state index contributed by atoms with van der Waals surface area (Å²) in [7, 11) is 0. The SMILES string of the molecule is CC(c1nc2c3cn[nH]c3ncn2n1)n1cc(Br)cn1. The van der Waals surface area contributed by atoms with Crippen LogP contribution >= 0.6 is 15.9 Å². The summed E-state index contributed by atoms with van der Waals surface area (Å²) in [4.78, 5) is 8.81. The second-order valence-corrected chi connectivity index (χ2v) is 5.35. The van der Waals surface area contributed by atoms with Crippen LogP contribution in [0.2, 0.25) is 0 Å². The Bertz CT molecular complexity index is 903. The van der Waals surface area contributed by atoms with Gasteiger partial charge in [-0.3, -0.25) is 9.78 Å². The molecule has 4 rings (SSSR count). The van der Waals surface area contributed by atoms with Crippen molar-refractivity contribution in [3.63, 3.8) is 0 Å². The second-order valence-electron chi connectivity index (χ2n) is 4.43. The van der Waals surface area contributed by atoms with Gasteiger partial charge in [0.25, 0.3) is 0 Å². The third-order valence-electron chi connectivity index (χ3n) is 3.14. The molecule has 20 heavy (non-hydrogen) atoms. The molecule has 0 saturated carbocycles. The van der Waals surface area contributed by atoms with Crippen LogP contribution in [0.25, 0.3) is 16.7 Å². The number of fused-ring (bicyclic) bond motifs is 3. The first-order valence-electron chi connectivity index (χ1n) is 5.96. The van der Waals surface area contributed by atoms with E-state index in [-0.39, 0.29) is 6.04 Å². The van der Waals surface area contributed by atoms with E-state index in [9.17, 15) is 0 Å². The Morgan fingerprint density at radius 3 is 3.05 bits per heavy atom. The van der Waals surface area contributed by atoms with E-state index in [1.165, 1.54) is 0 Å². The fourth-order valence-electron chi connectivity index (χ4n) is 2.08. The second kappa shape index (κ2) is 4.10. The molecule has 0 radical (unpaired) electrons. The van der Waals surface area contributed by atoms with E-state index in [1.807, 2.05) is 13.1 Å².